The predicted molar refractivity (Wildman–Crippen MR) is 64.9 cm³/mol. The number of rotatable bonds is 8. The molecule has 0 heterocycles. The Bertz CT molecular complexity index is 171. The van der Waals surface area contributed by atoms with Gasteiger partial charge in [0.05, 0.1) is 0 Å². The van der Waals surface area contributed by atoms with Crippen molar-refractivity contribution in [2.24, 2.45) is 5.92 Å². The van der Waals surface area contributed by atoms with Crippen molar-refractivity contribution < 1.29 is 4.79 Å². The minimum atomic E-state index is 0.0941. The molecule has 1 amide bonds. The number of carbonyl (C=O) groups is 1. The minimum absolute atomic E-state index is 0.0941. The molecule has 0 rings (SSSR count). The molecule has 1 N–H and O–H groups in total. The monoisotopic (exact) mass is 214 g/mol. The third-order valence-corrected chi connectivity index (χ3v) is 2.60. The van der Waals surface area contributed by atoms with Gasteiger partial charge in [-0.15, -0.1) is 0 Å². The standard InChI is InChI=1S/C12H26N2O/c1-5-7-8-9-14(4)12(15)11(3)10-13-6-2/h11,13H,5-10H2,1-4H3. The van der Waals surface area contributed by atoms with E-state index in [0.717, 1.165) is 26.1 Å². The van der Waals surface area contributed by atoms with Crippen molar-refractivity contribution in [1.29, 1.82) is 0 Å². The minimum Gasteiger partial charge on any atom is -0.345 e. The molecule has 0 bridgehead atoms. The lowest BCUT2D eigenvalue weighted by Gasteiger charge is -2.21. The molecule has 0 aliphatic rings. The summed E-state index contributed by atoms with van der Waals surface area (Å²) in [6, 6.07) is 0. The number of hydrogen-bond donors (Lipinski definition) is 1. The Labute approximate surface area is 94.2 Å². The highest BCUT2D eigenvalue weighted by atomic mass is 16.2. The number of amides is 1. The molecule has 3 heteroatoms. The molecular formula is C12H26N2O. The van der Waals surface area contributed by atoms with E-state index in [0.29, 0.717) is 0 Å². The van der Waals surface area contributed by atoms with Crippen LogP contribution in [0.5, 0.6) is 0 Å². The van der Waals surface area contributed by atoms with Crippen LogP contribution in [0.1, 0.15) is 40.0 Å². The molecule has 15 heavy (non-hydrogen) atoms. The topological polar surface area (TPSA) is 32.3 Å². The third-order valence-electron chi connectivity index (χ3n) is 2.60. The molecule has 0 saturated carbocycles. The van der Waals surface area contributed by atoms with Gasteiger partial charge in [-0.2, -0.15) is 0 Å². The molecule has 0 aromatic rings. The van der Waals surface area contributed by atoms with Crippen LogP contribution in [0.25, 0.3) is 0 Å². The number of unbranched alkanes of at least 4 members (excludes halogenated alkanes) is 2. The zero-order chi connectivity index (χ0) is 11.7. The molecule has 0 aliphatic carbocycles. The maximum absolute atomic E-state index is 11.8. The van der Waals surface area contributed by atoms with E-state index in [9.17, 15) is 4.79 Å². The smallest absolute Gasteiger partial charge is 0.226 e. The number of nitrogens with one attached hydrogen (secondary N) is 1. The summed E-state index contributed by atoms with van der Waals surface area (Å²) in [6.45, 7) is 8.83. The summed E-state index contributed by atoms with van der Waals surface area (Å²) in [5.74, 6) is 0.351. The van der Waals surface area contributed by atoms with Crippen molar-refractivity contribution in [1.82, 2.24) is 10.2 Å². The summed E-state index contributed by atoms with van der Waals surface area (Å²) >= 11 is 0. The van der Waals surface area contributed by atoms with Gasteiger partial charge in [-0.3, -0.25) is 4.79 Å². The highest BCUT2D eigenvalue weighted by Gasteiger charge is 2.15. The lowest BCUT2D eigenvalue weighted by atomic mass is 10.1. The second-order valence-electron chi connectivity index (χ2n) is 4.18. The van der Waals surface area contributed by atoms with Crippen LogP contribution < -0.4 is 5.32 Å². The van der Waals surface area contributed by atoms with Crippen molar-refractivity contribution in [3.8, 4) is 0 Å². The van der Waals surface area contributed by atoms with Gasteiger partial charge >= 0.3 is 0 Å². The van der Waals surface area contributed by atoms with Crippen LogP contribution in [-0.4, -0.2) is 37.5 Å². The molecule has 0 fully saturated rings. The normalized spacial score (nSPS) is 12.5. The van der Waals surface area contributed by atoms with E-state index in [-0.39, 0.29) is 11.8 Å². The van der Waals surface area contributed by atoms with E-state index in [4.69, 9.17) is 0 Å². The Balaban J connectivity index is 3.75. The van der Waals surface area contributed by atoms with E-state index in [1.165, 1.54) is 12.8 Å². The van der Waals surface area contributed by atoms with Gasteiger partial charge in [0.15, 0.2) is 0 Å². The fraction of sp³-hybridized carbons (Fsp3) is 0.917. The summed E-state index contributed by atoms with van der Waals surface area (Å²) in [6.07, 6.45) is 3.53. The van der Waals surface area contributed by atoms with E-state index < -0.39 is 0 Å². The second-order valence-corrected chi connectivity index (χ2v) is 4.18. The lowest BCUT2D eigenvalue weighted by molar-refractivity contribution is -0.133. The largest absolute Gasteiger partial charge is 0.345 e. The van der Waals surface area contributed by atoms with Crippen LogP contribution in [0.15, 0.2) is 0 Å². The second kappa shape index (κ2) is 8.72. The highest BCUT2D eigenvalue weighted by Crippen LogP contribution is 2.02. The Morgan fingerprint density at radius 1 is 1.33 bits per heavy atom. The summed E-state index contributed by atoms with van der Waals surface area (Å²) in [5.41, 5.74) is 0. The van der Waals surface area contributed by atoms with Gasteiger partial charge in [-0.05, 0) is 13.0 Å². The first kappa shape index (κ1) is 14.4. The van der Waals surface area contributed by atoms with Crippen molar-refractivity contribution in [3.05, 3.63) is 0 Å². The zero-order valence-corrected chi connectivity index (χ0v) is 10.7. The van der Waals surface area contributed by atoms with Gasteiger partial charge in [0.1, 0.15) is 0 Å². The Hall–Kier alpha value is -0.570. The first-order valence-corrected chi connectivity index (χ1v) is 6.09. The van der Waals surface area contributed by atoms with Crippen molar-refractivity contribution in [3.63, 3.8) is 0 Å². The quantitative estimate of drug-likeness (QED) is 0.626. The molecular weight excluding hydrogens is 188 g/mol. The molecule has 1 atom stereocenters. The van der Waals surface area contributed by atoms with Gasteiger partial charge < -0.3 is 10.2 Å². The summed E-state index contributed by atoms with van der Waals surface area (Å²) in [4.78, 5) is 13.7. The first-order chi connectivity index (χ1) is 7.13. The number of carbonyl (C=O) groups excluding carboxylic acids is 1. The van der Waals surface area contributed by atoms with Crippen molar-refractivity contribution >= 4 is 5.91 Å². The Morgan fingerprint density at radius 2 is 2.00 bits per heavy atom. The van der Waals surface area contributed by atoms with Gasteiger partial charge in [0, 0.05) is 26.1 Å². The van der Waals surface area contributed by atoms with Gasteiger partial charge in [0.2, 0.25) is 5.91 Å². The molecule has 1 unspecified atom stereocenters. The van der Waals surface area contributed by atoms with E-state index in [1.54, 1.807) is 0 Å². The van der Waals surface area contributed by atoms with Crippen LogP contribution in [-0.2, 0) is 4.79 Å². The van der Waals surface area contributed by atoms with Crippen molar-refractivity contribution in [2.45, 2.75) is 40.0 Å². The molecule has 0 saturated heterocycles. The van der Waals surface area contributed by atoms with Crippen LogP contribution in [0, 0.1) is 5.92 Å². The lowest BCUT2D eigenvalue weighted by Crippen LogP contribution is -2.37. The average molecular weight is 214 g/mol. The maximum Gasteiger partial charge on any atom is 0.226 e. The first-order valence-electron chi connectivity index (χ1n) is 6.09. The van der Waals surface area contributed by atoms with Gasteiger partial charge in [-0.1, -0.05) is 33.6 Å². The molecule has 0 spiro atoms. The fourth-order valence-electron chi connectivity index (χ4n) is 1.53. The highest BCUT2D eigenvalue weighted by molar-refractivity contribution is 5.78. The van der Waals surface area contributed by atoms with Crippen LogP contribution in [0.2, 0.25) is 0 Å². The molecule has 0 aromatic heterocycles. The van der Waals surface area contributed by atoms with Crippen molar-refractivity contribution in [2.75, 3.05) is 26.7 Å². The van der Waals surface area contributed by atoms with Crippen LogP contribution >= 0.6 is 0 Å². The predicted octanol–water partition coefficient (Wildman–Crippen LogP) is 1.88. The van der Waals surface area contributed by atoms with E-state index >= 15 is 0 Å². The number of hydrogen-bond acceptors (Lipinski definition) is 2. The third kappa shape index (κ3) is 6.50. The maximum atomic E-state index is 11.8. The number of nitrogens with zero attached hydrogens (tertiary/aromatic N) is 1. The van der Waals surface area contributed by atoms with Crippen LogP contribution in [0.4, 0.5) is 0 Å². The summed E-state index contributed by atoms with van der Waals surface area (Å²) in [7, 11) is 1.90. The molecule has 0 aliphatic heterocycles. The fourth-order valence-corrected chi connectivity index (χ4v) is 1.53. The van der Waals surface area contributed by atoms with E-state index in [1.807, 2.05) is 18.9 Å². The SMILES string of the molecule is CCCCCN(C)C(=O)C(C)CNCC. The molecule has 0 radical (unpaired) electrons. The van der Waals surface area contributed by atoms with Gasteiger partial charge in [0.25, 0.3) is 0 Å². The molecule has 3 nitrogen and oxygen atoms in total. The summed E-state index contributed by atoms with van der Waals surface area (Å²) in [5, 5.41) is 3.20. The molecule has 0 aromatic carbocycles. The molecule has 90 valence electrons. The zero-order valence-electron chi connectivity index (χ0n) is 10.7. The average Bonchev–Trinajstić information content (AvgIpc) is 2.24. The van der Waals surface area contributed by atoms with Gasteiger partial charge in [-0.25, -0.2) is 0 Å². The Kier molecular flexibility index (Phi) is 8.38. The summed E-state index contributed by atoms with van der Waals surface area (Å²) < 4.78 is 0. The Morgan fingerprint density at radius 3 is 2.53 bits per heavy atom. The van der Waals surface area contributed by atoms with E-state index in [2.05, 4.69) is 19.2 Å². The van der Waals surface area contributed by atoms with Crippen LogP contribution in [0.3, 0.4) is 0 Å².